The highest BCUT2D eigenvalue weighted by Gasteiger charge is 2.45. The number of ether oxygens (including phenoxy) is 3. The van der Waals surface area contributed by atoms with E-state index in [1.165, 1.54) is 24.3 Å². The van der Waals surface area contributed by atoms with Gasteiger partial charge in [0.05, 0.1) is 25.5 Å². The zero-order valence-electron chi connectivity index (χ0n) is 29.5. The number of nitrogens with one attached hydrogen (secondary N) is 2. The molecule has 12 nitrogen and oxygen atoms in total. The van der Waals surface area contributed by atoms with Crippen molar-refractivity contribution in [3.63, 3.8) is 0 Å². The van der Waals surface area contributed by atoms with Crippen molar-refractivity contribution in [3.8, 4) is 5.88 Å². The number of aliphatic carboxylic acids is 1. The highest BCUT2D eigenvalue weighted by Crippen LogP contribution is 2.45. The van der Waals surface area contributed by atoms with E-state index < -0.39 is 18.2 Å². The van der Waals surface area contributed by atoms with Gasteiger partial charge in [0.1, 0.15) is 12.6 Å². The van der Waals surface area contributed by atoms with E-state index in [4.69, 9.17) is 36.7 Å². The van der Waals surface area contributed by atoms with E-state index in [0.29, 0.717) is 72.9 Å². The minimum atomic E-state index is -4.76. The zero-order chi connectivity index (χ0) is 38.9. The van der Waals surface area contributed by atoms with Crippen molar-refractivity contribution in [2.24, 2.45) is 5.41 Å². The quantitative estimate of drug-likeness (QED) is 0.173. The van der Waals surface area contributed by atoms with Gasteiger partial charge in [-0.3, -0.25) is 14.4 Å². The molecule has 6 rings (SSSR count). The molecule has 3 aromatic rings. The van der Waals surface area contributed by atoms with Crippen molar-refractivity contribution < 1.29 is 46.9 Å². The van der Waals surface area contributed by atoms with Gasteiger partial charge in [-0.05, 0) is 85.4 Å². The van der Waals surface area contributed by atoms with Gasteiger partial charge in [0.2, 0.25) is 17.9 Å². The number of amides is 1. The number of nitrogen functional groups attached to an aromatic ring is 1. The Labute approximate surface area is 314 Å². The molecule has 2 aliphatic heterocycles. The predicted octanol–water partition coefficient (Wildman–Crippen LogP) is 6.18. The number of hydrogen-bond acceptors (Lipinski definition) is 10. The molecule has 0 bridgehead atoms. The number of carboxylic acids is 1. The summed E-state index contributed by atoms with van der Waals surface area (Å²) in [6.45, 7) is 3.11. The van der Waals surface area contributed by atoms with E-state index in [1.807, 2.05) is 12.2 Å². The average molecular weight is 772 g/mol. The van der Waals surface area contributed by atoms with Crippen molar-refractivity contribution >= 4 is 46.5 Å². The van der Waals surface area contributed by atoms with Crippen LogP contribution in [0, 0.1) is 5.41 Å². The number of halogens is 4. The third-order valence-corrected chi connectivity index (χ3v) is 9.45. The van der Waals surface area contributed by atoms with Gasteiger partial charge in [0, 0.05) is 28.8 Å². The lowest BCUT2D eigenvalue weighted by atomic mass is 9.73. The second-order valence-corrected chi connectivity index (χ2v) is 13.5. The van der Waals surface area contributed by atoms with Crippen molar-refractivity contribution in [2.45, 2.75) is 57.3 Å². The van der Waals surface area contributed by atoms with Gasteiger partial charge < -0.3 is 35.7 Å². The summed E-state index contributed by atoms with van der Waals surface area (Å²) in [5.74, 6) is -2.15. The molecule has 0 saturated carbocycles. The molecule has 1 aromatic heterocycles. The molecule has 3 heterocycles. The molecule has 16 heteroatoms. The molecule has 1 spiro atoms. The number of allylic oxidation sites excluding steroid dienone is 2. The number of carbonyl (C=O) groups is 3. The topological polar surface area (TPSA) is 175 Å². The summed E-state index contributed by atoms with van der Waals surface area (Å²) in [7, 11) is 0. The summed E-state index contributed by atoms with van der Waals surface area (Å²) >= 11 is 6.16. The Morgan fingerprint density at radius 3 is 2.56 bits per heavy atom. The van der Waals surface area contributed by atoms with E-state index in [0.717, 1.165) is 12.0 Å². The van der Waals surface area contributed by atoms with Crippen LogP contribution < -0.4 is 21.1 Å². The number of nitrogens with two attached hydrogens (primary N) is 1. The molecule has 5 N–H and O–H groups in total. The summed E-state index contributed by atoms with van der Waals surface area (Å²) in [5.41, 5.74) is 8.39. The fraction of sp³-hybridized carbons (Fsp3) is 0.395. The number of hydrogen-bond donors (Lipinski definition) is 4. The average Bonchev–Trinajstić information content (AvgIpc) is 3.57. The van der Waals surface area contributed by atoms with Gasteiger partial charge in [0.25, 0.3) is 5.91 Å². The summed E-state index contributed by atoms with van der Waals surface area (Å²) in [4.78, 5) is 41.7. The Kier molecular flexibility index (Phi) is 13.3. The molecular weight excluding hydrogens is 731 g/mol. The van der Waals surface area contributed by atoms with E-state index >= 15 is 0 Å². The van der Waals surface area contributed by atoms with Gasteiger partial charge in [-0.2, -0.15) is 18.2 Å². The molecule has 3 aliphatic rings. The number of esters is 1. The predicted molar refractivity (Wildman–Crippen MR) is 194 cm³/mol. The second kappa shape index (κ2) is 17.9. The number of nitrogens with zero attached hydrogens (tertiary/aromatic N) is 2. The summed E-state index contributed by atoms with van der Waals surface area (Å²) in [5, 5.41) is 14.1. The van der Waals surface area contributed by atoms with E-state index in [9.17, 15) is 27.6 Å². The van der Waals surface area contributed by atoms with Crippen LogP contribution in [0.4, 0.5) is 19.1 Å². The maximum atomic E-state index is 14.5. The van der Waals surface area contributed by atoms with Crippen molar-refractivity contribution in [1.29, 1.82) is 0 Å². The second-order valence-electron chi connectivity index (χ2n) is 13.1. The van der Waals surface area contributed by atoms with Crippen LogP contribution in [0.5, 0.6) is 5.88 Å². The van der Waals surface area contributed by atoms with Crippen molar-refractivity contribution in [3.05, 3.63) is 94.2 Å². The lowest BCUT2D eigenvalue weighted by molar-refractivity contribution is -0.198. The smallest absolute Gasteiger partial charge is 0.429 e. The van der Waals surface area contributed by atoms with Gasteiger partial charge in [-0.15, -0.1) is 0 Å². The van der Waals surface area contributed by atoms with Crippen molar-refractivity contribution in [2.75, 3.05) is 38.6 Å². The lowest BCUT2D eigenvalue weighted by Crippen LogP contribution is -2.32. The van der Waals surface area contributed by atoms with Crippen molar-refractivity contribution in [1.82, 2.24) is 20.6 Å². The number of carboxylic acid groups (broad SMARTS) is 1. The zero-order valence-corrected chi connectivity index (χ0v) is 30.2. The van der Waals surface area contributed by atoms with Crippen LogP contribution in [0.15, 0.2) is 66.7 Å². The highest BCUT2D eigenvalue weighted by molar-refractivity contribution is 6.30. The monoisotopic (exact) mass is 771 g/mol. The molecule has 288 valence electrons. The SMILES string of the molecule is CCOC(=O)C1CC2(CC=C(c3cc(O[C@H](c4ccc(Cl)cc4C4=CCCOC4)C(F)(F)F)nc(N)n3)CC2)CN1.O=C(O)CNC(=O)c1ccccc1. The van der Waals surface area contributed by atoms with E-state index in [2.05, 4.69) is 20.6 Å². The molecule has 0 radical (unpaired) electrons. The third-order valence-electron chi connectivity index (χ3n) is 9.21. The van der Waals surface area contributed by atoms with E-state index in [1.54, 1.807) is 37.3 Å². The Morgan fingerprint density at radius 1 is 1.13 bits per heavy atom. The maximum Gasteiger partial charge on any atom is 0.429 e. The largest absolute Gasteiger partial charge is 0.480 e. The lowest BCUT2D eigenvalue weighted by Gasteiger charge is -2.32. The standard InChI is InChI=1S/C29H32ClF3N4O4.C9H9NO3/c1-2-40-26(38)23-14-28(16-35-23)9-7-17(8-10-28)22-13-24(37-27(34)36-22)41-25(29(31,32)33)20-6-5-19(30)12-21(20)18-4-3-11-39-15-18;11-8(12)6-10-9(13)7-4-2-1-3-5-7/h4-7,12-13,23,25,35H,2-3,8-11,14-16H2,1H3,(H2,34,36,37);1-5H,6H2,(H,10,13)(H,11,12)/t23?,25-,28?;/m1./s1. The van der Waals surface area contributed by atoms with Gasteiger partial charge in [-0.25, -0.2) is 4.98 Å². The normalized spacial score (nSPS) is 20.1. The highest BCUT2D eigenvalue weighted by atomic mass is 35.5. The van der Waals surface area contributed by atoms with Crippen LogP contribution in [-0.4, -0.2) is 78.0 Å². The minimum absolute atomic E-state index is 0.0945. The number of aromatic nitrogens is 2. The molecule has 1 fully saturated rings. The molecule has 1 saturated heterocycles. The molecule has 2 unspecified atom stereocenters. The Hall–Kier alpha value is -4.99. The summed E-state index contributed by atoms with van der Waals surface area (Å²) in [6, 6.07) is 13.7. The molecular formula is C38H41ClF3N5O7. The van der Waals surface area contributed by atoms with Crippen LogP contribution in [0.3, 0.4) is 0 Å². The first-order valence-electron chi connectivity index (χ1n) is 17.4. The fourth-order valence-corrected chi connectivity index (χ4v) is 6.74. The van der Waals surface area contributed by atoms with Gasteiger partial charge in [0.15, 0.2) is 0 Å². The van der Waals surface area contributed by atoms with Crippen LogP contribution in [0.25, 0.3) is 11.1 Å². The molecule has 1 aliphatic carbocycles. The Bertz CT molecular complexity index is 1890. The van der Waals surface area contributed by atoms with E-state index in [-0.39, 0.29) is 53.9 Å². The van der Waals surface area contributed by atoms with Gasteiger partial charge in [-0.1, -0.05) is 48.0 Å². The fourth-order valence-electron chi connectivity index (χ4n) is 6.57. The Balaban J connectivity index is 0.000000365. The first-order chi connectivity index (χ1) is 25.8. The third kappa shape index (κ3) is 10.6. The first kappa shape index (κ1) is 40.2. The van der Waals surface area contributed by atoms with Gasteiger partial charge >= 0.3 is 18.1 Å². The Morgan fingerprint density at radius 2 is 1.91 bits per heavy atom. The molecule has 54 heavy (non-hydrogen) atoms. The number of anilines is 1. The number of benzene rings is 2. The maximum absolute atomic E-state index is 14.5. The number of carbonyl (C=O) groups excluding carboxylic acids is 2. The number of alkyl halides is 3. The molecule has 3 atom stereocenters. The first-order valence-corrected chi connectivity index (χ1v) is 17.7. The summed E-state index contributed by atoms with van der Waals surface area (Å²) in [6.07, 6.45) is 0.0929. The molecule has 1 amide bonds. The summed E-state index contributed by atoms with van der Waals surface area (Å²) < 4.78 is 59.6. The minimum Gasteiger partial charge on any atom is -0.480 e. The molecule has 2 aromatic carbocycles. The van der Waals surface area contributed by atoms with Crippen LogP contribution >= 0.6 is 11.6 Å². The van der Waals surface area contributed by atoms with Crippen LogP contribution in [-0.2, 0) is 19.1 Å². The van der Waals surface area contributed by atoms with Crippen LogP contribution in [0.2, 0.25) is 5.02 Å². The van der Waals surface area contributed by atoms with Crippen LogP contribution in [0.1, 0.15) is 72.3 Å². The number of rotatable bonds is 10.